The van der Waals surface area contributed by atoms with E-state index in [1.165, 1.54) is 6.42 Å². The van der Waals surface area contributed by atoms with E-state index in [0.717, 1.165) is 30.3 Å². The number of aliphatic hydroxyl groups is 1. The predicted octanol–water partition coefficient (Wildman–Crippen LogP) is 3.00. The summed E-state index contributed by atoms with van der Waals surface area (Å²) in [6, 6.07) is 4.02. The first-order valence-corrected chi connectivity index (χ1v) is 8.04. The van der Waals surface area contributed by atoms with E-state index >= 15 is 0 Å². The zero-order valence-electron chi connectivity index (χ0n) is 13.3. The zero-order chi connectivity index (χ0) is 15.5. The zero-order valence-corrected chi connectivity index (χ0v) is 13.3. The van der Waals surface area contributed by atoms with Crippen LogP contribution in [0.2, 0.25) is 0 Å². The molecule has 1 heterocycles. The fraction of sp³-hybridized carbons (Fsp3) is 0.706. The summed E-state index contributed by atoms with van der Waals surface area (Å²) < 4.78 is 5.81. The lowest BCUT2D eigenvalue weighted by atomic mass is 9.93. The van der Waals surface area contributed by atoms with Gasteiger partial charge < -0.3 is 14.8 Å². The van der Waals surface area contributed by atoms with Gasteiger partial charge in [-0.25, -0.2) is 0 Å². The summed E-state index contributed by atoms with van der Waals surface area (Å²) in [7, 11) is 0. The number of rotatable bonds is 8. The molecular formula is C17H27NO3. The summed E-state index contributed by atoms with van der Waals surface area (Å²) in [6.07, 6.45) is 3.68. The van der Waals surface area contributed by atoms with Crippen molar-refractivity contribution in [2.45, 2.75) is 64.3 Å². The van der Waals surface area contributed by atoms with E-state index in [9.17, 15) is 9.90 Å². The molecule has 2 atom stereocenters. The van der Waals surface area contributed by atoms with E-state index in [-0.39, 0.29) is 12.5 Å². The second kappa shape index (κ2) is 6.65. The molecule has 0 radical (unpaired) electrons. The van der Waals surface area contributed by atoms with Gasteiger partial charge in [0.25, 0.3) is 0 Å². The van der Waals surface area contributed by atoms with Crippen LogP contribution in [0.25, 0.3) is 0 Å². The fourth-order valence-corrected chi connectivity index (χ4v) is 2.73. The summed E-state index contributed by atoms with van der Waals surface area (Å²) in [6.45, 7) is 6.17. The molecule has 2 rings (SSSR count). The number of hydrogen-bond acceptors (Lipinski definition) is 3. The molecule has 2 unspecified atom stereocenters. The normalized spacial score (nSPS) is 21.3. The summed E-state index contributed by atoms with van der Waals surface area (Å²) in [5.74, 6) is 3.22. The van der Waals surface area contributed by atoms with E-state index in [1.807, 2.05) is 26.0 Å². The predicted molar refractivity (Wildman–Crippen MR) is 82.1 cm³/mol. The maximum Gasteiger partial charge on any atom is 0.220 e. The Balaban J connectivity index is 1.82. The molecule has 1 aromatic rings. The number of aryl methyl sites for hydroxylation is 1. The van der Waals surface area contributed by atoms with Gasteiger partial charge in [0.15, 0.2) is 0 Å². The van der Waals surface area contributed by atoms with Crippen molar-refractivity contribution < 1.29 is 14.3 Å². The Morgan fingerprint density at radius 2 is 2.10 bits per heavy atom. The van der Waals surface area contributed by atoms with Gasteiger partial charge in [-0.2, -0.15) is 0 Å². The van der Waals surface area contributed by atoms with Crippen molar-refractivity contribution in [1.82, 2.24) is 5.32 Å². The van der Waals surface area contributed by atoms with Gasteiger partial charge in [0.1, 0.15) is 11.5 Å². The number of amides is 1. The summed E-state index contributed by atoms with van der Waals surface area (Å²) in [5.41, 5.74) is -0.477. The van der Waals surface area contributed by atoms with Crippen LogP contribution in [0.1, 0.15) is 63.9 Å². The van der Waals surface area contributed by atoms with Crippen molar-refractivity contribution >= 4 is 5.91 Å². The average molecular weight is 293 g/mol. The number of hydrogen-bond donors (Lipinski definition) is 2. The van der Waals surface area contributed by atoms with Crippen LogP contribution >= 0.6 is 0 Å². The molecule has 0 spiro atoms. The van der Waals surface area contributed by atoms with Gasteiger partial charge in [0, 0.05) is 18.8 Å². The van der Waals surface area contributed by atoms with Crippen molar-refractivity contribution in [2.75, 3.05) is 6.61 Å². The first kappa shape index (κ1) is 16.1. The Kier molecular flexibility index (Phi) is 5.09. The lowest BCUT2D eigenvalue weighted by Crippen LogP contribution is -2.50. The van der Waals surface area contributed by atoms with Crippen LogP contribution in [0.3, 0.4) is 0 Å². The molecule has 2 N–H and O–H groups in total. The SMILES string of the molecule is CCC(CC)(CO)NC(=O)CCc1ccc(C2CC2C)o1. The quantitative estimate of drug-likeness (QED) is 0.774. The molecular weight excluding hydrogens is 266 g/mol. The molecule has 1 fully saturated rings. The van der Waals surface area contributed by atoms with Gasteiger partial charge in [0.2, 0.25) is 5.91 Å². The molecule has 0 bridgehead atoms. The first-order chi connectivity index (χ1) is 10.0. The standard InChI is InChI=1S/C17H27NO3/c1-4-17(5-2,11-19)18-16(20)9-7-13-6-8-15(21-13)14-10-12(14)3/h6,8,12,14,19H,4-5,7,9-11H2,1-3H3,(H,18,20). The van der Waals surface area contributed by atoms with Crippen molar-refractivity contribution in [3.05, 3.63) is 23.7 Å². The van der Waals surface area contributed by atoms with E-state index < -0.39 is 5.54 Å². The minimum absolute atomic E-state index is 0.0177. The third-order valence-corrected chi connectivity index (χ3v) is 4.82. The molecule has 1 amide bonds. The highest BCUT2D eigenvalue weighted by Gasteiger charge is 2.36. The van der Waals surface area contributed by atoms with Crippen LogP contribution in [-0.4, -0.2) is 23.2 Å². The van der Waals surface area contributed by atoms with Crippen molar-refractivity contribution in [2.24, 2.45) is 5.92 Å². The molecule has 118 valence electrons. The summed E-state index contributed by atoms with van der Waals surface area (Å²) in [4.78, 5) is 12.0. The van der Waals surface area contributed by atoms with E-state index in [4.69, 9.17) is 4.42 Å². The molecule has 0 saturated heterocycles. The topological polar surface area (TPSA) is 62.5 Å². The second-order valence-electron chi connectivity index (χ2n) is 6.32. The Bertz CT molecular complexity index is 468. The maximum absolute atomic E-state index is 12.0. The number of carbonyl (C=O) groups is 1. The van der Waals surface area contributed by atoms with Crippen molar-refractivity contribution in [3.63, 3.8) is 0 Å². The summed E-state index contributed by atoms with van der Waals surface area (Å²) >= 11 is 0. The number of furan rings is 1. The molecule has 4 nitrogen and oxygen atoms in total. The van der Waals surface area contributed by atoms with Crippen LogP contribution in [0.15, 0.2) is 16.5 Å². The van der Waals surface area contributed by atoms with Gasteiger partial charge in [0.05, 0.1) is 12.1 Å². The maximum atomic E-state index is 12.0. The molecule has 1 aromatic heterocycles. The molecule has 1 saturated carbocycles. The Morgan fingerprint density at radius 3 is 2.62 bits per heavy atom. The lowest BCUT2D eigenvalue weighted by molar-refractivity contribution is -0.123. The smallest absolute Gasteiger partial charge is 0.220 e. The largest absolute Gasteiger partial charge is 0.466 e. The van der Waals surface area contributed by atoms with Crippen LogP contribution in [0.4, 0.5) is 0 Å². The highest BCUT2D eigenvalue weighted by atomic mass is 16.3. The minimum Gasteiger partial charge on any atom is -0.466 e. The first-order valence-electron chi connectivity index (χ1n) is 8.04. The number of carbonyl (C=O) groups excluding carboxylic acids is 1. The Hall–Kier alpha value is -1.29. The summed E-state index contributed by atoms with van der Waals surface area (Å²) in [5, 5.41) is 12.4. The second-order valence-corrected chi connectivity index (χ2v) is 6.32. The molecule has 1 aliphatic rings. The van der Waals surface area contributed by atoms with Gasteiger partial charge in [-0.3, -0.25) is 4.79 Å². The fourth-order valence-electron chi connectivity index (χ4n) is 2.73. The van der Waals surface area contributed by atoms with Crippen molar-refractivity contribution in [3.8, 4) is 0 Å². The monoisotopic (exact) mass is 293 g/mol. The Labute approximate surface area is 126 Å². The van der Waals surface area contributed by atoms with Crippen LogP contribution in [-0.2, 0) is 11.2 Å². The number of aliphatic hydroxyl groups excluding tert-OH is 1. The molecule has 21 heavy (non-hydrogen) atoms. The van der Waals surface area contributed by atoms with E-state index in [1.54, 1.807) is 0 Å². The van der Waals surface area contributed by atoms with Crippen molar-refractivity contribution in [1.29, 1.82) is 0 Å². The number of nitrogens with one attached hydrogen (secondary N) is 1. The van der Waals surface area contributed by atoms with Crippen LogP contribution < -0.4 is 5.32 Å². The van der Waals surface area contributed by atoms with Gasteiger partial charge in [-0.15, -0.1) is 0 Å². The molecule has 1 aliphatic carbocycles. The van der Waals surface area contributed by atoms with Gasteiger partial charge >= 0.3 is 0 Å². The van der Waals surface area contributed by atoms with Crippen LogP contribution in [0, 0.1) is 5.92 Å². The highest BCUT2D eigenvalue weighted by Crippen LogP contribution is 2.47. The lowest BCUT2D eigenvalue weighted by Gasteiger charge is -2.30. The highest BCUT2D eigenvalue weighted by molar-refractivity contribution is 5.77. The average Bonchev–Trinajstić information content (AvgIpc) is 3.04. The van der Waals surface area contributed by atoms with E-state index in [2.05, 4.69) is 12.2 Å². The van der Waals surface area contributed by atoms with E-state index in [0.29, 0.717) is 18.8 Å². The van der Waals surface area contributed by atoms with Gasteiger partial charge in [-0.05, 0) is 37.3 Å². The Morgan fingerprint density at radius 1 is 1.43 bits per heavy atom. The third-order valence-electron chi connectivity index (χ3n) is 4.82. The minimum atomic E-state index is -0.477. The van der Waals surface area contributed by atoms with Gasteiger partial charge in [-0.1, -0.05) is 20.8 Å². The third kappa shape index (κ3) is 3.88. The molecule has 0 aliphatic heterocycles. The molecule has 0 aromatic carbocycles. The van der Waals surface area contributed by atoms with Crippen LogP contribution in [0.5, 0.6) is 0 Å². The molecule has 4 heteroatoms.